The predicted molar refractivity (Wildman–Crippen MR) is 119 cm³/mol. The molecular formula is C25H25NO6. The zero-order valence-electron chi connectivity index (χ0n) is 18.1. The van der Waals surface area contributed by atoms with Crippen molar-refractivity contribution in [3.8, 4) is 17.2 Å². The molecule has 0 heterocycles. The fraction of sp³-hybridized carbons (Fsp3) is 0.200. The molecule has 0 atom stereocenters. The van der Waals surface area contributed by atoms with Crippen LogP contribution < -0.4 is 14.8 Å². The van der Waals surface area contributed by atoms with E-state index in [1.165, 1.54) is 12.1 Å². The smallest absolute Gasteiger partial charge is 0.338 e. The van der Waals surface area contributed by atoms with Crippen molar-refractivity contribution in [3.63, 3.8) is 0 Å². The normalized spacial score (nSPS) is 10.5. The molecule has 0 aliphatic rings. The Morgan fingerprint density at radius 3 is 1.88 bits per heavy atom. The lowest BCUT2D eigenvalue weighted by Gasteiger charge is -2.20. The number of benzene rings is 3. The Morgan fingerprint density at radius 2 is 1.41 bits per heavy atom. The standard InChI is InChI=1S/C25H25NO6/c1-16-4-5-19(14-22(16)27)25(29)32-15-23(28)26-24(17-6-10-20(30-2)11-7-17)18-8-12-21(31-3)13-9-18/h4-14,24,27H,15H2,1-3H3,(H,26,28). The van der Waals surface area contributed by atoms with E-state index < -0.39 is 24.5 Å². The zero-order chi connectivity index (χ0) is 23.1. The summed E-state index contributed by atoms with van der Waals surface area (Å²) in [6.07, 6.45) is 0. The minimum Gasteiger partial charge on any atom is -0.508 e. The third-order valence-corrected chi connectivity index (χ3v) is 4.98. The van der Waals surface area contributed by atoms with Crippen LogP contribution in [0.25, 0.3) is 0 Å². The van der Waals surface area contributed by atoms with Gasteiger partial charge in [0, 0.05) is 0 Å². The molecule has 3 aromatic carbocycles. The average molecular weight is 435 g/mol. The number of aryl methyl sites for hydroxylation is 1. The van der Waals surface area contributed by atoms with Crippen LogP contribution in [0.5, 0.6) is 17.2 Å². The lowest BCUT2D eigenvalue weighted by molar-refractivity contribution is -0.124. The molecule has 7 nitrogen and oxygen atoms in total. The molecule has 0 aromatic heterocycles. The molecule has 0 radical (unpaired) electrons. The molecule has 166 valence electrons. The van der Waals surface area contributed by atoms with Gasteiger partial charge in [0.05, 0.1) is 25.8 Å². The second-order valence-corrected chi connectivity index (χ2v) is 7.12. The zero-order valence-corrected chi connectivity index (χ0v) is 18.1. The van der Waals surface area contributed by atoms with Gasteiger partial charge in [-0.2, -0.15) is 0 Å². The summed E-state index contributed by atoms with van der Waals surface area (Å²) in [6.45, 7) is 1.26. The fourth-order valence-electron chi connectivity index (χ4n) is 3.11. The van der Waals surface area contributed by atoms with Crippen molar-refractivity contribution in [2.75, 3.05) is 20.8 Å². The fourth-order valence-corrected chi connectivity index (χ4v) is 3.11. The van der Waals surface area contributed by atoms with Crippen LogP contribution in [-0.2, 0) is 9.53 Å². The first kappa shape index (κ1) is 22.7. The number of esters is 1. The van der Waals surface area contributed by atoms with E-state index >= 15 is 0 Å². The van der Waals surface area contributed by atoms with Crippen LogP contribution in [0.15, 0.2) is 66.7 Å². The molecule has 1 amide bonds. The van der Waals surface area contributed by atoms with Crippen LogP contribution in [0.2, 0.25) is 0 Å². The number of carbonyl (C=O) groups excluding carboxylic acids is 2. The first-order valence-electron chi connectivity index (χ1n) is 9.95. The molecule has 0 saturated carbocycles. The van der Waals surface area contributed by atoms with Gasteiger partial charge in [-0.25, -0.2) is 4.79 Å². The van der Waals surface area contributed by atoms with Gasteiger partial charge in [0.2, 0.25) is 0 Å². The number of methoxy groups -OCH3 is 2. The number of phenols is 1. The van der Waals surface area contributed by atoms with Crippen molar-refractivity contribution in [1.82, 2.24) is 5.32 Å². The number of amides is 1. The van der Waals surface area contributed by atoms with Gasteiger partial charge in [-0.15, -0.1) is 0 Å². The number of nitrogens with one attached hydrogen (secondary N) is 1. The maximum Gasteiger partial charge on any atom is 0.338 e. The average Bonchev–Trinajstić information content (AvgIpc) is 2.83. The monoisotopic (exact) mass is 435 g/mol. The summed E-state index contributed by atoms with van der Waals surface area (Å²) in [5.41, 5.74) is 2.47. The van der Waals surface area contributed by atoms with E-state index in [2.05, 4.69) is 5.32 Å². The van der Waals surface area contributed by atoms with Gasteiger partial charge in [0.25, 0.3) is 5.91 Å². The van der Waals surface area contributed by atoms with E-state index in [1.54, 1.807) is 27.2 Å². The van der Waals surface area contributed by atoms with Crippen molar-refractivity contribution < 1.29 is 28.9 Å². The van der Waals surface area contributed by atoms with Gasteiger partial charge < -0.3 is 24.6 Å². The summed E-state index contributed by atoms with van der Waals surface area (Å²) in [7, 11) is 3.17. The molecule has 3 rings (SSSR count). The predicted octanol–water partition coefficient (Wildman–Crippen LogP) is 3.78. The Morgan fingerprint density at radius 1 is 0.875 bits per heavy atom. The number of hydrogen-bond donors (Lipinski definition) is 2. The highest BCUT2D eigenvalue weighted by Crippen LogP contribution is 2.26. The van der Waals surface area contributed by atoms with Gasteiger partial charge in [-0.3, -0.25) is 4.79 Å². The van der Waals surface area contributed by atoms with Crippen LogP contribution in [0, 0.1) is 6.92 Å². The third kappa shape index (κ3) is 5.57. The molecule has 0 spiro atoms. The number of rotatable bonds is 8. The van der Waals surface area contributed by atoms with Gasteiger partial charge in [0.1, 0.15) is 17.2 Å². The Bertz CT molecular complexity index is 1030. The van der Waals surface area contributed by atoms with E-state index in [0.717, 1.165) is 11.1 Å². The van der Waals surface area contributed by atoms with E-state index in [-0.39, 0.29) is 11.3 Å². The van der Waals surface area contributed by atoms with Crippen LogP contribution in [-0.4, -0.2) is 37.8 Å². The summed E-state index contributed by atoms with van der Waals surface area (Å²) < 4.78 is 15.5. The number of phenolic OH excluding ortho intramolecular Hbond substituents is 1. The third-order valence-electron chi connectivity index (χ3n) is 4.98. The van der Waals surface area contributed by atoms with E-state index in [4.69, 9.17) is 14.2 Å². The number of ether oxygens (including phenoxy) is 3. The van der Waals surface area contributed by atoms with Gasteiger partial charge in [0.15, 0.2) is 6.61 Å². The van der Waals surface area contributed by atoms with Crippen LogP contribution in [0.1, 0.15) is 33.1 Å². The molecule has 0 saturated heterocycles. The van der Waals surface area contributed by atoms with Gasteiger partial charge in [-0.05, 0) is 60.0 Å². The molecule has 0 unspecified atom stereocenters. The van der Waals surface area contributed by atoms with Crippen LogP contribution in [0.3, 0.4) is 0 Å². The lowest BCUT2D eigenvalue weighted by atomic mass is 9.98. The van der Waals surface area contributed by atoms with Crippen LogP contribution in [0.4, 0.5) is 0 Å². The minimum absolute atomic E-state index is 0.0111. The second kappa shape index (κ2) is 10.3. The maximum atomic E-state index is 12.6. The molecule has 0 fully saturated rings. The van der Waals surface area contributed by atoms with Crippen molar-refractivity contribution in [2.45, 2.75) is 13.0 Å². The first-order chi connectivity index (χ1) is 15.4. The molecule has 2 N–H and O–H groups in total. The number of aromatic hydroxyl groups is 1. The molecular weight excluding hydrogens is 410 g/mol. The van der Waals surface area contributed by atoms with Crippen molar-refractivity contribution in [2.24, 2.45) is 0 Å². The van der Waals surface area contributed by atoms with Gasteiger partial charge >= 0.3 is 5.97 Å². The highest BCUT2D eigenvalue weighted by Gasteiger charge is 2.19. The second-order valence-electron chi connectivity index (χ2n) is 7.12. The van der Waals surface area contributed by atoms with E-state index in [9.17, 15) is 14.7 Å². The molecule has 0 bridgehead atoms. The molecule has 32 heavy (non-hydrogen) atoms. The molecule has 3 aromatic rings. The Kier molecular flexibility index (Phi) is 7.33. The lowest BCUT2D eigenvalue weighted by Crippen LogP contribution is -2.33. The van der Waals surface area contributed by atoms with Crippen LogP contribution >= 0.6 is 0 Å². The van der Waals surface area contributed by atoms with E-state index in [0.29, 0.717) is 17.1 Å². The Balaban J connectivity index is 1.73. The Hall–Kier alpha value is -4.00. The van der Waals surface area contributed by atoms with Crippen molar-refractivity contribution in [1.29, 1.82) is 0 Å². The van der Waals surface area contributed by atoms with Crippen molar-refractivity contribution >= 4 is 11.9 Å². The SMILES string of the molecule is COc1ccc(C(NC(=O)COC(=O)c2ccc(C)c(O)c2)c2ccc(OC)cc2)cc1. The van der Waals surface area contributed by atoms with Crippen molar-refractivity contribution in [3.05, 3.63) is 89.0 Å². The summed E-state index contributed by atoms with van der Waals surface area (Å²) in [5, 5.41) is 12.7. The highest BCUT2D eigenvalue weighted by atomic mass is 16.5. The summed E-state index contributed by atoms with van der Waals surface area (Å²) in [5.74, 6) is 0.225. The summed E-state index contributed by atoms with van der Waals surface area (Å²) >= 11 is 0. The topological polar surface area (TPSA) is 94.1 Å². The van der Waals surface area contributed by atoms with E-state index in [1.807, 2.05) is 48.5 Å². The summed E-state index contributed by atoms with van der Waals surface area (Å²) in [6, 6.07) is 18.6. The van der Waals surface area contributed by atoms with Gasteiger partial charge in [-0.1, -0.05) is 30.3 Å². The Labute approximate surface area is 186 Å². The summed E-state index contributed by atoms with van der Waals surface area (Å²) in [4.78, 5) is 24.9. The molecule has 0 aliphatic carbocycles. The number of hydrogen-bond acceptors (Lipinski definition) is 6. The number of carbonyl (C=O) groups is 2. The maximum absolute atomic E-state index is 12.6. The molecule has 7 heteroatoms. The highest BCUT2D eigenvalue weighted by molar-refractivity contribution is 5.92. The first-order valence-corrected chi connectivity index (χ1v) is 9.95. The minimum atomic E-state index is -0.694. The molecule has 0 aliphatic heterocycles. The largest absolute Gasteiger partial charge is 0.508 e. The quantitative estimate of drug-likeness (QED) is 0.523.